The Bertz CT molecular complexity index is 775. The third kappa shape index (κ3) is 5.93. The highest BCUT2D eigenvalue weighted by atomic mass is 35.5. The van der Waals surface area contributed by atoms with Crippen molar-refractivity contribution in [2.75, 3.05) is 18.5 Å². The quantitative estimate of drug-likeness (QED) is 0.775. The number of aryl methyl sites for hydroxylation is 1. The van der Waals surface area contributed by atoms with Crippen molar-refractivity contribution in [2.45, 2.75) is 6.92 Å². The Morgan fingerprint density at radius 2 is 1.72 bits per heavy atom. The molecule has 0 aromatic heterocycles. The Hall–Kier alpha value is -2.86. The van der Waals surface area contributed by atoms with Gasteiger partial charge in [0.25, 0.3) is 11.8 Å². The maximum atomic E-state index is 11.8. The number of rotatable bonds is 6. The molecular weight excluding hydrogens is 344 g/mol. The second kappa shape index (κ2) is 8.84. The summed E-state index contributed by atoms with van der Waals surface area (Å²) in [6.07, 6.45) is 0. The van der Waals surface area contributed by atoms with Crippen LogP contribution in [-0.2, 0) is 14.3 Å². The standard InChI is InChI=1S/C18H17ClN2O4/c1-12-4-2-3-5-15(12)21-16(22)11-25-17(23)10-20-18(24)13-6-8-14(19)9-7-13/h2-9H,10-11H2,1H3,(H,20,24)(H,21,22). The minimum absolute atomic E-state index is 0.334. The van der Waals surface area contributed by atoms with E-state index in [1.165, 1.54) is 0 Å². The molecule has 0 aliphatic heterocycles. The molecule has 0 aliphatic carbocycles. The summed E-state index contributed by atoms with van der Waals surface area (Å²) in [4.78, 5) is 35.2. The lowest BCUT2D eigenvalue weighted by molar-refractivity contribution is -0.146. The van der Waals surface area contributed by atoms with Gasteiger partial charge in [0.05, 0.1) is 0 Å². The van der Waals surface area contributed by atoms with Crippen LogP contribution in [-0.4, -0.2) is 30.9 Å². The maximum Gasteiger partial charge on any atom is 0.325 e. The second-order valence-electron chi connectivity index (χ2n) is 5.21. The number of esters is 1. The SMILES string of the molecule is Cc1ccccc1NC(=O)COC(=O)CNC(=O)c1ccc(Cl)cc1. The lowest BCUT2D eigenvalue weighted by atomic mass is 10.2. The molecule has 2 aromatic carbocycles. The average molecular weight is 361 g/mol. The van der Waals surface area contributed by atoms with E-state index in [1.807, 2.05) is 19.1 Å². The van der Waals surface area contributed by atoms with Crippen LogP contribution in [0.2, 0.25) is 5.02 Å². The smallest absolute Gasteiger partial charge is 0.325 e. The van der Waals surface area contributed by atoms with Crippen molar-refractivity contribution in [1.29, 1.82) is 0 Å². The number of para-hydroxylation sites is 1. The van der Waals surface area contributed by atoms with Crippen molar-refractivity contribution in [3.63, 3.8) is 0 Å². The van der Waals surface area contributed by atoms with Crippen molar-refractivity contribution >= 4 is 35.1 Å². The topological polar surface area (TPSA) is 84.5 Å². The van der Waals surface area contributed by atoms with Gasteiger partial charge < -0.3 is 15.4 Å². The van der Waals surface area contributed by atoms with E-state index < -0.39 is 24.4 Å². The predicted octanol–water partition coefficient (Wildman–Crippen LogP) is 2.56. The Balaban J connectivity index is 1.73. The highest BCUT2D eigenvalue weighted by Gasteiger charge is 2.11. The number of halogens is 1. The zero-order valence-corrected chi connectivity index (χ0v) is 14.3. The van der Waals surface area contributed by atoms with Crippen LogP contribution >= 0.6 is 11.6 Å². The van der Waals surface area contributed by atoms with Crippen LogP contribution in [0.5, 0.6) is 0 Å². The molecule has 2 aromatic rings. The van der Waals surface area contributed by atoms with Gasteiger partial charge in [0.2, 0.25) is 0 Å². The Labute approximate surface area is 150 Å². The van der Waals surface area contributed by atoms with Crippen molar-refractivity contribution in [2.24, 2.45) is 0 Å². The number of carbonyl (C=O) groups is 3. The van der Waals surface area contributed by atoms with Gasteiger partial charge in [-0.25, -0.2) is 0 Å². The van der Waals surface area contributed by atoms with Crippen LogP contribution in [0, 0.1) is 6.92 Å². The molecule has 0 unspecified atom stereocenters. The molecule has 0 atom stereocenters. The minimum atomic E-state index is -0.706. The van der Waals surface area contributed by atoms with E-state index in [9.17, 15) is 14.4 Å². The maximum absolute atomic E-state index is 11.8. The first kappa shape index (κ1) is 18.5. The van der Waals surface area contributed by atoms with E-state index in [1.54, 1.807) is 36.4 Å². The van der Waals surface area contributed by atoms with Gasteiger partial charge in [-0.3, -0.25) is 14.4 Å². The number of ether oxygens (including phenoxy) is 1. The Morgan fingerprint density at radius 1 is 1.04 bits per heavy atom. The van der Waals surface area contributed by atoms with Crippen LogP contribution < -0.4 is 10.6 Å². The number of hydrogen-bond acceptors (Lipinski definition) is 4. The highest BCUT2D eigenvalue weighted by Crippen LogP contribution is 2.12. The molecule has 2 rings (SSSR count). The first-order chi connectivity index (χ1) is 12.0. The van der Waals surface area contributed by atoms with Gasteiger partial charge in [-0.15, -0.1) is 0 Å². The third-order valence-electron chi connectivity index (χ3n) is 3.28. The molecule has 7 heteroatoms. The summed E-state index contributed by atoms with van der Waals surface area (Å²) in [5, 5.41) is 5.57. The van der Waals surface area contributed by atoms with E-state index >= 15 is 0 Å². The fourth-order valence-corrected chi connectivity index (χ4v) is 2.08. The van der Waals surface area contributed by atoms with Gasteiger partial charge in [0.15, 0.2) is 6.61 Å². The molecule has 0 fully saturated rings. The highest BCUT2D eigenvalue weighted by molar-refractivity contribution is 6.30. The number of nitrogens with one attached hydrogen (secondary N) is 2. The molecule has 0 saturated heterocycles. The fraction of sp³-hybridized carbons (Fsp3) is 0.167. The Morgan fingerprint density at radius 3 is 2.40 bits per heavy atom. The third-order valence-corrected chi connectivity index (χ3v) is 3.54. The van der Waals surface area contributed by atoms with E-state index in [0.29, 0.717) is 16.3 Å². The predicted molar refractivity (Wildman–Crippen MR) is 94.6 cm³/mol. The number of hydrogen-bond donors (Lipinski definition) is 2. The van der Waals surface area contributed by atoms with Gasteiger partial charge in [0.1, 0.15) is 6.54 Å². The zero-order valence-electron chi connectivity index (χ0n) is 13.5. The van der Waals surface area contributed by atoms with Crippen LogP contribution in [0.4, 0.5) is 5.69 Å². The van der Waals surface area contributed by atoms with Crippen LogP contribution in [0.25, 0.3) is 0 Å². The fourth-order valence-electron chi connectivity index (χ4n) is 1.95. The first-order valence-corrected chi connectivity index (χ1v) is 7.88. The van der Waals surface area contributed by atoms with Gasteiger partial charge in [-0.05, 0) is 42.8 Å². The van der Waals surface area contributed by atoms with Crippen molar-refractivity contribution < 1.29 is 19.1 Å². The van der Waals surface area contributed by atoms with Gasteiger partial charge in [-0.1, -0.05) is 29.8 Å². The number of carbonyl (C=O) groups excluding carboxylic acids is 3. The van der Waals surface area contributed by atoms with Crippen LogP contribution in [0.1, 0.15) is 15.9 Å². The van der Waals surface area contributed by atoms with E-state index in [4.69, 9.17) is 16.3 Å². The van der Waals surface area contributed by atoms with E-state index in [2.05, 4.69) is 10.6 Å². The van der Waals surface area contributed by atoms with E-state index in [0.717, 1.165) is 5.56 Å². The molecule has 0 radical (unpaired) electrons. The van der Waals surface area contributed by atoms with Gasteiger partial charge in [-0.2, -0.15) is 0 Å². The number of amides is 2. The Kier molecular flexibility index (Phi) is 6.54. The van der Waals surface area contributed by atoms with E-state index in [-0.39, 0.29) is 6.54 Å². The summed E-state index contributed by atoms with van der Waals surface area (Å²) in [5.41, 5.74) is 1.92. The zero-order chi connectivity index (χ0) is 18.2. The van der Waals surface area contributed by atoms with Gasteiger partial charge >= 0.3 is 5.97 Å². The van der Waals surface area contributed by atoms with Crippen molar-refractivity contribution in [3.8, 4) is 0 Å². The first-order valence-electron chi connectivity index (χ1n) is 7.50. The summed E-state index contributed by atoms with van der Waals surface area (Å²) >= 11 is 5.74. The molecule has 25 heavy (non-hydrogen) atoms. The minimum Gasteiger partial charge on any atom is -0.454 e. The lowest BCUT2D eigenvalue weighted by Crippen LogP contribution is -2.32. The number of benzene rings is 2. The number of anilines is 1. The second-order valence-corrected chi connectivity index (χ2v) is 5.65. The molecule has 130 valence electrons. The monoisotopic (exact) mass is 360 g/mol. The van der Waals surface area contributed by atoms with Crippen molar-refractivity contribution in [1.82, 2.24) is 5.32 Å². The average Bonchev–Trinajstić information content (AvgIpc) is 2.60. The van der Waals surface area contributed by atoms with Gasteiger partial charge in [0, 0.05) is 16.3 Å². The molecule has 0 bridgehead atoms. The molecule has 6 nitrogen and oxygen atoms in total. The molecule has 0 aliphatic rings. The van der Waals surface area contributed by atoms with Crippen molar-refractivity contribution in [3.05, 3.63) is 64.7 Å². The molecule has 0 heterocycles. The molecule has 0 spiro atoms. The van der Waals surface area contributed by atoms with Crippen LogP contribution in [0.15, 0.2) is 48.5 Å². The molecule has 0 saturated carbocycles. The summed E-state index contributed by atoms with van der Waals surface area (Å²) in [5.74, 6) is -1.59. The normalized spacial score (nSPS) is 10.0. The summed E-state index contributed by atoms with van der Waals surface area (Å²) in [7, 11) is 0. The molecule has 2 N–H and O–H groups in total. The lowest BCUT2D eigenvalue weighted by Gasteiger charge is -2.09. The summed E-state index contributed by atoms with van der Waals surface area (Å²) in [6.45, 7) is 1.09. The summed E-state index contributed by atoms with van der Waals surface area (Å²) < 4.78 is 4.83. The molecule has 2 amide bonds. The van der Waals surface area contributed by atoms with Crippen LogP contribution in [0.3, 0.4) is 0 Å². The molecular formula is C18H17ClN2O4. The summed E-state index contributed by atoms with van der Waals surface area (Å²) in [6, 6.07) is 13.5. The largest absolute Gasteiger partial charge is 0.454 e.